The number of likely N-dealkylation sites (tertiary alicyclic amines) is 1. The number of phenols is 1. The molecule has 2 aromatic carbocycles. The van der Waals surface area contributed by atoms with Gasteiger partial charge >= 0.3 is 0 Å². The number of hydrogen-bond acceptors (Lipinski definition) is 4. The molecule has 146 valence electrons. The van der Waals surface area contributed by atoms with E-state index in [-0.39, 0.29) is 17.3 Å². The number of nitrogens with one attached hydrogen (secondary N) is 1. The van der Waals surface area contributed by atoms with Crippen molar-refractivity contribution in [1.82, 2.24) is 0 Å². The van der Waals surface area contributed by atoms with Gasteiger partial charge in [-0.15, -0.1) is 0 Å². The Kier molecular flexibility index (Phi) is 5.09. The van der Waals surface area contributed by atoms with Gasteiger partial charge in [0.05, 0.1) is 30.8 Å². The van der Waals surface area contributed by atoms with Crippen molar-refractivity contribution in [3.05, 3.63) is 58.8 Å². The van der Waals surface area contributed by atoms with E-state index in [1.165, 1.54) is 24.2 Å². The molecule has 2 aromatic rings. The van der Waals surface area contributed by atoms with E-state index in [2.05, 4.69) is 6.92 Å². The minimum Gasteiger partial charge on any atom is -0.507 e. The monoisotopic (exact) mass is 380 g/mol. The predicted molar refractivity (Wildman–Crippen MR) is 107 cm³/mol. The fourth-order valence-electron chi connectivity index (χ4n) is 4.14. The van der Waals surface area contributed by atoms with E-state index in [9.17, 15) is 9.90 Å². The number of hydrogen-bond donors (Lipinski definition) is 2. The zero-order chi connectivity index (χ0) is 19.7. The maximum atomic E-state index is 12.9. The van der Waals surface area contributed by atoms with Gasteiger partial charge in [0, 0.05) is 5.56 Å². The second kappa shape index (κ2) is 7.68. The average molecular weight is 380 g/mol. The lowest BCUT2D eigenvalue weighted by Crippen LogP contribution is -3.14. The van der Waals surface area contributed by atoms with E-state index in [1.54, 1.807) is 25.3 Å². The largest absolute Gasteiger partial charge is 0.507 e. The Morgan fingerprint density at radius 1 is 1.25 bits per heavy atom. The number of phenolic OH excluding ortho intramolecular Hbond substituents is 1. The molecule has 4 rings (SSSR count). The molecule has 0 bridgehead atoms. The summed E-state index contributed by atoms with van der Waals surface area (Å²) in [6.45, 7) is 3.97. The summed E-state index contributed by atoms with van der Waals surface area (Å²) in [6, 6.07) is 11.3. The maximum absolute atomic E-state index is 12.9. The minimum atomic E-state index is -0.163. The lowest BCUT2D eigenvalue weighted by molar-refractivity contribution is -0.941. The fraction of sp³-hybridized carbons (Fsp3) is 0.348. The summed E-state index contributed by atoms with van der Waals surface area (Å²) < 4.78 is 11.4. The Morgan fingerprint density at radius 3 is 2.86 bits per heavy atom. The molecule has 0 radical (unpaired) electrons. The Morgan fingerprint density at radius 2 is 2.07 bits per heavy atom. The van der Waals surface area contributed by atoms with Crippen molar-refractivity contribution in [2.45, 2.75) is 38.8 Å². The van der Waals surface area contributed by atoms with Gasteiger partial charge in [0.1, 0.15) is 18.0 Å². The van der Waals surface area contributed by atoms with E-state index in [1.807, 2.05) is 24.3 Å². The number of benzene rings is 2. The molecule has 2 aliphatic rings. The molecular weight excluding hydrogens is 354 g/mol. The van der Waals surface area contributed by atoms with Crippen LogP contribution < -0.4 is 14.4 Å². The Hall–Kier alpha value is -2.79. The van der Waals surface area contributed by atoms with Crippen LogP contribution in [0.15, 0.2) is 42.2 Å². The highest BCUT2D eigenvalue weighted by Gasteiger charge is 2.34. The normalized spacial score (nSPS) is 22.8. The lowest BCUT2D eigenvalue weighted by atomic mass is 10.0. The third-order valence-electron chi connectivity index (χ3n) is 5.83. The number of methoxy groups -OCH3 is 1. The lowest BCUT2D eigenvalue weighted by Gasteiger charge is -2.30. The fourth-order valence-corrected chi connectivity index (χ4v) is 4.14. The van der Waals surface area contributed by atoms with E-state index in [0.717, 1.165) is 17.7 Å². The van der Waals surface area contributed by atoms with Crippen LogP contribution in [0.2, 0.25) is 0 Å². The van der Waals surface area contributed by atoms with Crippen molar-refractivity contribution < 1.29 is 24.3 Å². The number of para-hydroxylation sites is 1. The van der Waals surface area contributed by atoms with Crippen LogP contribution in [0.4, 0.5) is 0 Å². The summed E-state index contributed by atoms with van der Waals surface area (Å²) in [6.07, 6.45) is 5.33. The molecule has 0 saturated carbocycles. The molecule has 0 spiro atoms. The second-order valence-electron chi connectivity index (χ2n) is 7.60. The SMILES string of the molecule is COc1ccccc1/C=C1\Oc2c(ccc(O)c2C[NH+]2CCCC[C@@H]2C)C1=O. The molecule has 2 heterocycles. The molecule has 5 nitrogen and oxygen atoms in total. The number of piperidine rings is 1. The Bertz CT molecular complexity index is 934. The number of allylic oxidation sites excluding steroid dienone is 1. The van der Waals surface area contributed by atoms with Gasteiger partial charge < -0.3 is 19.5 Å². The van der Waals surface area contributed by atoms with E-state index < -0.39 is 0 Å². The summed E-state index contributed by atoms with van der Waals surface area (Å²) in [7, 11) is 1.60. The van der Waals surface area contributed by atoms with Crippen molar-refractivity contribution in [3.8, 4) is 17.2 Å². The molecule has 2 atom stereocenters. The van der Waals surface area contributed by atoms with Gasteiger partial charge in [0.2, 0.25) is 5.78 Å². The summed E-state index contributed by atoms with van der Waals surface area (Å²) in [5.74, 6) is 1.46. The van der Waals surface area contributed by atoms with Gasteiger partial charge in [-0.05, 0) is 50.5 Å². The number of ketones is 1. The first-order valence-electron chi connectivity index (χ1n) is 9.85. The van der Waals surface area contributed by atoms with E-state index >= 15 is 0 Å². The summed E-state index contributed by atoms with van der Waals surface area (Å²) in [5, 5.41) is 10.5. The highest BCUT2D eigenvalue weighted by molar-refractivity contribution is 6.15. The van der Waals surface area contributed by atoms with Crippen LogP contribution >= 0.6 is 0 Å². The molecule has 28 heavy (non-hydrogen) atoms. The molecule has 0 aromatic heterocycles. The third-order valence-corrected chi connectivity index (χ3v) is 5.83. The average Bonchev–Trinajstić information content (AvgIpc) is 3.02. The number of Topliss-reactive ketones (excluding diaryl/α,β-unsaturated/α-hetero) is 1. The number of quaternary nitrogens is 1. The quantitative estimate of drug-likeness (QED) is 0.801. The summed E-state index contributed by atoms with van der Waals surface area (Å²) >= 11 is 0. The van der Waals surface area contributed by atoms with Crippen LogP contribution in [0.5, 0.6) is 17.2 Å². The van der Waals surface area contributed by atoms with Gasteiger partial charge in [-0.2, -0.15) is 0 Å². The van der Waals surface area contributed by atoms with Gasteiger partial charge in [0.25, 0.3) is 0 Å². The minimum absolute atomic E-state index is 0.163. The van der Waals surface area contributed by atoms with Crippen molar-refractivity contribution >= 4 is 11.9 Å². The van der Waals surface area contributed by atoms with Crippen molar-refractivity contribution in [2.75, 3.05) is 13.7 Å². The zero-order valence-electron chi connectivity index (χ0n) is 16.3. The Labute approximate surface area is 165 Å². The number of aromatic hydroxyl groups is 1. The first-order valence-corrected chi connectivity index (χ1v) is 9.85. The van der Waals surface area contributed by atoms with Gasteiger partial charge in [-0.3, -0.25) is 4.79 Å². The maximum Gasteiger partial charge on any atom is 0.231 e. The molecule has 2 N–H and O–H groups in total. The van der Waals surface area contributed by atoms with Crippen LogP contribution in [-0.4, -0.2) is 30.6 Å². The summed E-state index contributed by atoms with van der Waals surface area (Å²) in [5.41, 5.74) is 2.01. The number of fused-ring (bicyclic) bond motifs is 1. The first kappa shape index (κ1) is 18.6. The molecule has 2 aliphatic heterocycles. The molecule has 0 amide bonds. The van der Waals surface area contributed by atoms with Gasteiger partial charge in [-0.25, -0.2) is 0 Å². The van der Waals surface area contributed by atoms with E-state index in [4.69, 9.17) is 9.47 Å². The number of carbonyl (C=O) groups excluding carboxylic acids is 1. The van der Waals surface area contributed by atoms with Crippen molar-refractivity contribution in [3.63, 3.8) is 0 Å². The second-order valence-corrected chi connectivity index (χ2v) is 7.60. The molecule has 1 fully saturated rings. The molecule has 5 heteroatoms. The Balaban J connectivity index is 1.68. The first-order chi connectivity index (χ1) is 13.6. The highest BCUT2D eigenvalue weighted by atomic mass is 16.5. The smallest absolute Gasteiger partial charge is 0.231 e. The topological polar surface area (TPSA) is 60.2 Å². The van der Waals surface area contributed by atoms with Crippen LogP contribution in [0.3, 0.4) is 0 Å². The molecule has 1 saturated heterocycles. The molecule has 0 aliphatic carbocycles. The van der Waals surface area contributed by atoms with Gasteiger partial charge in [0.15, 0.2) is 11.5 Å². The molecular formula is C23H26NO4+. The molecule has 1 unspecified atom stereocenters. The van der Waals surface area contributed by atoms with Crippen LogP contribution in [-0.2, 0) is 6.54 Å². The zero-order valence-corrected chi connectivity index (χ0v) is 16.3. The number of ether oxygens (including phenoxy) is 2. The van der Waals surface area contributed by atoms with Gasteiger partial charge in [-0.1, -0.05) is 18.2 Å². The number of carbonyl (C=O) groups is 1. The van der Waals surface area contributed by atoms with Crippen LogP contribution in [0.25, 0.3) is 6.08 Å². The van der Waals surface area contributed by atoms with Crippen LogP contribution in [0.1, 0.15) is 47.7 Å². The standard InChI is InChI=1S/C23H25NO4/c1-15-7-5-6-12-24(15)14-18-19(25)11-10-17-22(26)21(28-23(17)18)13-16-8-3-4-9-20(16)27-2/h3-4,8-11,13,15,25H,5-7,12,14H2,1-2H3/p+1/b21-13-/t15-/m0/s1. The third kappa shape index (κ3) is 3.38. The van der Waals surface area contributed by atoms with E-state index in [0.29, 0.717) is 29.6 Å². The van der Waals surface area contributed by atoms with Crippen molar-refractivity contribution in [2.24, 2.45) is 0 Å². The van der Waals surface area contributed by atoms with Crippen molar-refractivity contribution in [1.29, 1.82) is 0 Å². The summed E-state index contributed by atoms with van der Waals surface area (Å²) in [4.78, 5) is 14.3. The van der Waals surface area contributed by atoms with Crippen LogP contribution in [0, 0.1) is 0 Å². The number of rotatable bonds is 4. The predicted octanol–water partition coefficient (Wildman–Crippen LogP) is 2.97. The highest BCUT2D eigenvalue weighted by Crippen LogP contribution is 2.39.